The molecule has 2 heterocycles. The Kier molecular flexibility index (Phi) is 8.23. The van der Waals surface area contributed by atoms with E-state index >= 15 is 0 Å². The molecule has 0 saturated heterocycles. The third-order valence-corrected chi connectivity index (χ3v) is 5.45. The van der Waals surface area contributed by atoms with E-state index in [2.05, 4.69) is 38.4 Å². The molecule has 1 aromatic carbocycles. The zero-order valence-corrected chi connectivity index (χ0v) is 20.3. The smallest absolute Gasteiger partial charge is 0.280 e. The molecule has 0 aliphatic rings. The van der Waals surface area contributed by atoms with Crippen molar-refractivity contribution in [2.24, 2.45) is 0 Å². The molecule has 11 nitrogen and oxygen atoms in total. The second-order valence-electron chi connectivity index (χ2n) is 8.37. The molecule has 1 amide bonds. The van der Waals surface area contributed by atoms with Crippen molar-refractivity contribution in [3.63, 3.8) is 0 Å². The number of H-pyrrole nitrogens is 1. The summed E-state index contributed by atoms with van der Waals surface area (Å²) < 4.78 is 14.3. The van der Waals surface area contributed by atoms with Crippen LogP contribution in [0.3, 0.4) is 0 Å². The zero-order chi connectivity index (χ0) is 27.3. The van der Waals surface area contributed by atoms with E-state index in [1.54, 1.807) is 19.2 Å². The number of hydrogen-bond donors (Lipinski definition) is 3. The number of nitrogen functional groups attached to an aromatic ring is 1. The monoisotopic (exact) mass is 507 g/mol. The quantitative estimate of drug-likeness (QED) is 0.327. The lowest BCUT2D eigenvalue weighted by molar-refractivity contribution is -0.121. The molecule has 0 saturated carbocycles. The number of halogens is 1. The fourth-order valence-corrected chi connectivity index (χ4v) is 3.46. The lowest BCUT2D eigenvalue weighted by atomic mass is 10.00. The first kappa shape index (κ1) is 26.9. The van der Waals surface area contributed by atoms with Gasteiger partial charge in [-0.15, -0.1) is 0 Å². The maximum absolute atomic E-state index is 14.3. The molecule has 192 valence electrons. The number of hydrogen-bond acceptors (Lipinski definition) is 9. The largest absolute Gasteiger partial charge is 0.369 e. The van der Waals surface area contributed by atoms with E-state index in [4.69, 9.17) is 5.73 Å². The van der Waals surface area contributed by atoms with Gasteiger partial charge in [0.1, 0.15) is 0 Å². The molecule has 0 radical (unpaired) electrons. The highest BCUT2D eigenvalue weighted by Crippen LogP contribution is 2.17. The van der Waals surface area contributed by atoms with Gasteiger partial charge in [-0.3, -0.25) is 24.2 Å². The zero-order valence-electron chi connectivity index (χ0n) is 20.3. The number of anilines is 2. The maximum Gasteiger partial charge on any atom is 0.280 e. The summed E-state index contributed by atoms with van der Waals surface area (Å²) in [5.74, 6) is -2.11. The Balaban J connectivity index is 1.70. The highest BCUT2D eigenvalue weighted by molar-refractivity contribution is 6.02. The molecule has 0 bridgehead atoms. The summed E-state index contributed by atoms with van der Waals surface area (Å²) >= 11 is 0. The Morgan fingerprint density at radius 1 is 1.24 bits per heavy atom. The Morgan fingerprint density at radius 3 is 2.54 bits per heavy atom. The molecule has 3 rings (SSSR count). The molecule has 3 aromatic rings. The van der Waals surface area contributed by atoms with Gasteiger partial charge in [0.05, 0.1) is 24.5 Å². The number of Topliss-reactive ketones (excluding diaryl/α,β-unsaturated/α-hetero) is 1. The van der Waals surface area contributed by atoms with Crippen molar-refractivity contribution in [2.75, 3.05) is 17.7 Å². The van der Waals surface area contributed by atoms with Gasteiger partial charge in [0.25, 0.3) is 11.5 Å². The molecule has 12 heteroatoms. The standard InChI is InChI=1S/C25H26FN7O4/c1-5-19(34)18(10-17(26)21(35)13(2)3)30-23(36)14-6-8-16(9-7-14)33(4)12-15-11-28-22-20(29-15)24(37)32-25(27)31-22/h5-9,11,17-18H,1-2,10,12H2,3-4H3,(H,30,36)(H3,27,28,31,32,37). The van der Waals surface area contributed by atoms with Crippen LogP contribution in [0.5, 0.6) is 0 Å². The van der Waals surface area contributed by atoms with Gasteiger partial charge >= 0.3 is 0 Å². The van der Waals surface area contributed by atoms with E-state index in [1.165, 1.54) is 25.3 Å². The van der Waals surface area contributed by atoms with E-state index in [9.17, 15) is 23.6 Å². The molecule has 2 aromatic heterocycles. The minimum Gasteiger partial charge on any atom is -0.369 e. The lowest BCUT2D eigenvalue weighted by Gasteiger charge is -2.20. The number of nitrogens with one attached hydrogen (secondary N) is 2. The summed E-state index contributed by atoms with van der Waals surface area (Å²) in [6.45, 7) is 8.45. The fourth-order valence-electron chi connectivity index (χ4n) is 3.46. The van der Waals surface area contributed by atoms with Gasteiger partial charge < -0.3 is 16.0 Å². The number of rotatable bonds is 11. The predicted molar refractivity (Wildman–Crippen MR) is 137 cm³/mol. The maximum atomic E-state index is 14.3. The molecule has 37 heavy (non-hydrogen) atoms. The highest BCUT2D eigenvalue weighted by Gasteiger charge is 2.27. The Morgan fingerprint density at radius 2 is 1.92 bits per heavy atom. The third-order valence-electron chi connectivity index (χ3n) is 5.45. The van der Waals surface area contributed by atoms with Crippen LogP contribution in [0.1, 0.15) is 29.4 Å². The third kappa shape index (κ3) is 6.48. The van der Waals surface area contributed by atoms with Crippen LogP contribution in [-0.4, -0.2) is 56.7 Å². The van der Waals surface area contributed by atoms with E-state index in [0.29, 0.717) is 12.2 Å². The highest BCUT2D eigenvalue weighted by atomic mass is 19.1. The average Bonchev–Trinajstić information content (AvgIpc) is 2.87. The van der Waals surface area contributed by atoms with Gasteiger partial charge in [0.15, 0.2) is 28.9 Å². The SMILES string of the molecule is C=CC(=O)C(CC(F)C(=O)C(=C)C)NC(=O)c1ccc(N(C)Cc2cnc3nc(N)[nH]c(=O)c3n2)cc1. The summed E-state index contributed by atoms with van der Waals surface area (Å²) in [7, 11) is 1.78. The molecule has 2 unspecified atom stereocenters. The van der Waals surface area contributed by atoms with Gasteiger partial charge in [0.2, 0.25) is 5.95 Å². The van der Waals surface area contributed by atoms with E-state index in [-0.39, 0.29) is 28.2 Å². The number of nitrogens with zero attached hydrogens (tertiary/aromatic N) is 4. The summed E-state index contributed by atoms with van der Waals surface area (Å²) in [6, 6.07) is 5.15. The van der Waals surface area contributed by atoms with Crippen LogP contribution in [0, 0.1) is 0 Å². The van der Waals surface area contributed by atoms with Gasteiger partial charge in [-0.1, -0.05) is 13.2 Å². The van der Waals surface area contributed by atoms with Crippen molar-refractivity contribution in [1.82, 2.24) is 25.3 Å². The van der Waals surface area contributed by atoms with Gasteiger partial charge in [-0.05, 0) is 42.8 Å². The lowest BCUT2D eigenvalue weighted by Crippen LogP contribution is -2.43. The van der Waals surface area contributed by atoms with Crippen molar-refractivity contribution >= 4 is 40.3 Å². The number of aromatic amines is 1. The number of carbonyl (C=O) groups is 3. The van der Waals surface area contributed by atoms with E-state index < -0.39 is 41.7 Å². The number of benzene rings is 1. The summed E-state index contributed by atoms with van der Waals surface area (Å²) in [6.07, 6.45) is -0.0549. The number of fused-ring (bicyclic) bond motifs is 1. The topological polar surface area (TPSA) is 164 Å². The van der Waals surface area contributed by atoms with Gasteiger partial charge in [-0.25, -0.2) is 14.4 Å². The van der Waals surface area contributed by atoms with Crippen molar-refractivity contribution in [3.8, 4) is 0 Å². The molecule has 0 aliphatic carbocycles. The second kappa shape index (κ2) is 11.3. The molecule has 0 aliphatic heterocycles. The molecule has 0 fully saturated rings. The van der Waals surface area contributed by atoms with Crippen LogP contribution in [0.4, 0.5) is 16.0 Å². The van der Waals surface area contributed by atoms with Crippen molar-refractivity contribution in [3.05, 3.63) is 76.9 Å². The number of alkyl halides is 1. The van der Waals surface area contributed by atoms with Gasteiger partial charge in [0, 0.05) is 24.7 Å². The number of allylic oxidation sites excluding steroid dienone is 1. The van der Waals surface area contributed by atoms with Crippen molar-refractivity contribution in [1.29, 1.82) is 0 Å². The molecular formula is C25H26FN7O4. The number of nitrogens with two attached hydrogens (primary N) is 1. The Bertz CT molecular complexity index is 1440. The summed E-state index contributed by atoms with van der Waals surface area (Å²) in [4.78, 5) is 65.3. The van der Waals surface area contributed by atoms with Crippen LogP contribution in [0.15, 0.2) is 60.1 Å². The first-order valence-corrected chi connectivity index (χ1v) is 11.1. The molecular weight excluding hydrogens is 481 g/mol. The van der Waals surface area contributed by atoms with Crippen LogP contribution in [0.25, 0.3) is 11.2 Å². The minimum absolute atomic E-state index is 0.0196. The van der Waals surface area contributed by atoms with Crippen LogP contribution >= 0.6 is 0 Å². The van der Waals surface area contributed by atoms with E-state index in [0.717, 1.165) is 11.8 Å². The number of aromatic nitrogens is 4. The molecule has 4 N–H and O–H groups in total. The second-order valence-corrected chi connectivity index (χ2v) is 8.37. The number of ketones is 2. The Labute approximate surface area is 211 Å². The van der Waals surface area contributed by atoms with Crippen molar-refractivity contribution in [2.45, 2.75) is 32.1 Å². The predicted octanol–water partition coefficient (Wildman–Crippen LogP) is 1.66. The first-order valence-electron chi connectivity index (χ1n) is 11.1. The molecule has 0 spiro atoms. The van der Waals surface area contributed by atoms with Crippen LogP contribution in [0.2, 0.25) is 0 Å². The average molecular weight is 508 g/mol. The number of amides is 1. The van der Waals surface area contributed by atoms with Crippen LogP contribution < -0.4 is 21.5 Å². The normalized spacial score (nSPS) is 12.4. The summed E-state index contributed by atoms with van der Waals surface area (Å²) in [5, 5.41) is 2.46. The minimum atomic E-state index is -1.98. The van der Waals surface area contributed by atoms with E-state index in [1.807, 2.05) is 4.90 Å². The van der Waals surface area contributed by atoms with Gasteiger partial charge in [-0.2, -0.15) is 4.98 Å². The number of carbonyl (C=O) groups excluding carboxylic acids is 3. The fraction of sp³-hybridized carbons (Fsp3) is 0.240. The van der Waals surface area contributed by atoms with Crippen LogP contribution in [-0.2, 0) is 16.1 Å². The summed E-state index contributed by atoms with van der Waals surface area (Å²) in [5.41, 5.74) is 6.70. The molecule has 2 atom stereocenters. The Hall–Kier alpha value is -4.74. The van der Waals surface area contributed by atoms with Crippen molar-refractivity contribution < 1.29 is 18.8 Å². The first-order chi connectivity index (χ1) is 17.5.